The van der Waals surface area contributed by atoms with E-state index in [9.17, 15) is 4.39 Å². The Labute approximate surface area is 105 Å². The zero-order valence-corrected chi connectivity index (χ0v) is 10.6. The fourth-order valence-corrected chi connectivity index (χ4v) is 2.31. The molecule has 18 heavy (non-hydrogen) atoms. The van der Waals surface area contributed by atoms with Crippen LogP contribution in [0.5, 0.6) is 0 Å². The SMILES string of the molecule is Cc1ccc(-c2nc(C)n(C3CC3)c2N)cc1F. The Morgan fingerprint density at radius 3 is 2.67 bits per heavy atom. The van der Waals surface area contributed by atoms with Crippen molar-refractivity contribution in [3.8, 4) is 11.3 Å². The first-order chi connectivity index (χ1) is 8.58. The lowest BCUT2D eigenvalue weighted by Crippen LogP contribution is -2.02. The van der Waals surface area contributed by atoms with Crippen LogP contribution in [0.25, 0.3) is 11.3 Å². The van der Waals surface area contributed by atoms with Crippen LogP contribution in [0.15, 0.2) is 18.2 Å². The number of hydrogen-bond donors (Lipinski definition) is 1. The second-order valence-electron chi connectivity index (χ2n) is 4.96. The number of aromatic nitrogens is 2. The van der Waals surface area contributed by atoms with Gasteiger partial charge < -0.3 is 10.3 Å². The molecule has 2 N–H and O–H groups in total. The van der Waals surface area contributed by atoms with Crippen LogP contribution < -0.4 is 5.73 Å². The molecule has 0 aliphatic heterocycles. The van der Waals surface area contributed by atoms with Gasteiger partial charge in [0.2, 0.25) is 0 Å². The standard InChI is InChI=1S/C14H16FN3/c1-8-3-4-10(7-12(8)15)13-14(16)18(9(2)17-13)11-5-6-11/h3-4,7,11H,5-6,16H2,1-2H3. The number of nitrogen functional groups attached to an aromatic ring is 1. The molecule has 4 heteroatoms. The molecule has 0 radical (unpaired) electrons. The van der Waals surface area contributed by atoms with Crippen LogP contribution in [0.3, 0.4) is 0 Å². The summed E-state index contributed by atoms with van der Waals surface area (Å²) in [5.74, 6) is 1.34. The highest BCUT2D eigenvalue weighted by atomic mass is 19.1. The normalized spacial score (nSPS) is 15.1. The van der Waals surface area contributed by atoms with E-state index in [1.165, 1.54) is 6.07 Å². The molecule has 0 unspecified atom stereocenters. The molecule has 1 aliphatic carbocycles. The van der Waals surface area contributed by atoms with E-state index in [1.54, 1.807) is 13.0 Å². The maximum absolute atomic E-state index is 13.6. The van der Waals surface area contributed by atoms with Crippen molar-refractivity contribution in [1.82, 2.24) is 9.55 Å². The number of anilines is 1. The Bertz CT molecular complexity index is 612. The summed E-state index contributed by atoms with van der Waals surface area (Å²) in [6, 6.07) is 5.62. The van der Waals surface area contributed by atoms with Gasteiger partial charge in [-0.15, -0.1) is 0 Å². The second kappa shape index (κ2) is 3.83. The number of benzene rings is 1. The van der Waals surface area contributed by atoms with Crippen LogP contribution in [-0.2, 0) is 0 Å². The zero-order valence-electron chi connectivity index (χ0n) is 10.6. The van der Waals surface area contributed by atoms with Crippen molar-refractivity contribution in [2.45, 2.75) is 32.7 Å². The molecule has 3 nitrogen and oxygen atoms in total. The van der Waals surface area contributed by atoms with Crippen LogP contribution in [0.1, 0.15) is 30.3 Å². The first-order valence-corrected chi connectivity index (χ1v) is 6.18. The van der Waals surface area contributed by atoms with E-state index >= 15 is 0 Å². The predicted octanol–water partition coefficient (Wildman–Crippen LogP) is 3.22. The summed E-state index contributed by atoms with van der Waals surface area (Å²) < 4.78 is 15.7. The number of aryl methyl sites for hydroxylation is 2. The van der Waals surface area contributed by atoms with Gasteiger partial charge in [-0.25, -0.2) is 9.37 Å². The molecule has 0 bridgehead atoms. The lowest BCUT2D eigenvalue weighted by Gasteiger charge is -2.05. The minimum atomic E-state index is -0.217. The zero-order chi connectivity index (χ0) is 12.9. The maximum atomic E-state index is 13.6. The third-order valence-corrected chi connectivity index (χ3v) is 3.48. The number of nitrogens with two attached hydrogens (primary N) is 1. The average Bonchev–Trinajstić information content (AvgIpc) is 3.10. The molecule has 0 saturated heterocycles. The van der Waals surface area contributed by atoms with Gasteiger partial charge in [0.15, 0.2) is 0 Å². The number of hydrogen-bond acceptors (Lipinski definition) is 2. The summed E-state index contributed by atoms with van der Waals surface area (Å²) >= 11 is 0. The smallest absolute Gasteiger partial charge is 0.131 e. The maximum Gasteiger partial charge on any atom is 0.131 e. The molecule has 2 aromatic rings. The summed E-state index contributed by atoms with van der Waals surface area (Å²) in [7, 11) is 0. The van der Waals surface area contributed by atoms with E-state index in [0.717, 1.165) is 24.2 Å². The van der Waals surface area contributed by atoms with Crippen molar-refractivity contribution in [2.24, 2.45) is 0 Å². The van der Waals surface area contributed by atoms with Gasteiger partial charge >= 0.3 is 0 Å². The first kappa shape index (κ1) is 11.3. The fraction of sp³-hybridized carbons (Fsp3) is 0.357. The van der Waals surface area contributed by atoms with E-state index in [2.05, 4.69) is 9.55 Å². The Morgan fingerprint density at radius 1 is 1.33 bits per heavy atom. The molecule has 1 heterocycles. The largest absolute Gasteiger partial charge is 0.383 e. The third-order valence-electron chi connectivity index (χ3n) is 3.48. The van der Waals surface area contributed by atoms with Gasteiger partial charge in [-0.1, -0.05) is 12.1 Å². The van der Waals surface area contributed by atoms with Crippen molar-refractivity contribution in [3.05, 3.63) is 35.4 Å². The first-order valence-electron chi connectivity index (χ1n) is 6.18. The van der Waals surface area contributed by atoms with Crippen molar-refractivity contribution < 1.29 is 4.39 Å². The molecule has 0 amide bonds. The van der Waals surface area contributed by atoms with Crippen molar-refractivity contribution >= 4 is 5.82 Å². The van der Waals surface area contributed by atoms with Gasteiger partial charge in [-0.3, -0.25) is 0 Å². The summed E-state index contributed by atoms with van der Waals surface area (Å²) in [5, 5.41) is 0. The van der Waals surface area contributed by atoms with Crippen LogP contribution >= 0.6 is 0 Å². The second-order valence-corrected chi connectivity index (χ2v) is 4.96. The van der Waals surface area contributed by atoms with E-state index in [1.807, 2.05) is 13.0 Å². The molecule has 0 atom stereocenters. The van der Waals surface area contributed by atoms with E-state index in [4.69, 9.17) is 5.73 Å². The van der Waals surface area contributed by atoms with Crippen molar-refractivity contribution in [3.63, 3.8) is 0 Å². The van der Waals surface area contributed by atoms with Gasteiger partial charge in [0.05, 0.1) is 0 Å². The van der Waals surface area contributed by atoms with E-state index in [-0.39, 0.29) is 5.82 Å². The minimum absolute atomic E-state index is 0.217. The number of nitrogens with zero attached hydrogens (tertiary/aromatic N) is 2. The average molecular weight is 245 g/mol. The predicted molar refractivity (Wildman–Crippen MR) is 69.8 cm³/mol. The molecule has 1 aromatic carbocycles. The van der Waals surface area contributed by atoms with Crippen LogP contribution in [0.4, 0.5) is 10.2 Å². The van der Waals surface area contributed by atoms with Crippen LogP contribution in [0, 0.1) is 19.7 Å². The number of imidazole rings is 1. The quantitative estimate of drug-likeness (QED) is 0.882. The molecule has 3 rings (SSSR count). The van der Waals surface area contributed by atoms with Gasteiger partial charge in [0.1, 0.15) is 23.2 Å². The highest BCUT2D eigenvalue weighted by Crippen LogP contribution is 2.40. The third kappa shape index (κ3) is 1.68. The van der Waals surface area contributed by atoms with Gasteiger partial charge in [0.25, 0.3) is 0 Å². The van der Waals surface area contributed by atoms with Crippen molar-refractivity contribution in [1.29, 1.82) is 0 Å². The molecule has 1 saturated carbocycles. The Morgan fingerprint density at radius 2 is 2.06 bits per heavy atom. The van der Waals surface area contributed by atoms with E-state index < -0.39 is 0 Å². The summed E-state index contributed by atoms with van der Waals surface area (Å²) in [6.45, 7) is 3.69. The summed E-state index contributed by atoms with van der Waals surface area (Å²) in [4.78, 5) is 4.48. The summed E-state index contributed by atoms with van der Waals surface area (Å²) in [5.41, 5.74) is 8.22. The number of rotatable bonds is 2. The van der Waals surface area contributed by atoms with Gasteiger partial charge in [-0.05, 0) is 38.3 Å². The lowest BCUT2D eigenvalue weighted by molar-refractivity contribution is 0.619. The molecular weight excluding hydrogens is 229 g/mol. The Hall–Kier alpha value is -1.84. The molecule has 94 valence electrons. The van der Waals surface area contributed by atoms with E-state index in [0.29, 0.717) is 23.1 Å². The van der Waals surface area contributed by atoms with Gasteiger partial charge in [0, 0.05) is 11.6 Å². The number of halogens is 1. The molecular formula is C14H16FN3. The highest BCUT2D eigenvalue weighted by molar-refractivity contribution is 5.71. The van der Waals surface area contributed by atoms with Crippen LogP contribution in [-0.4, -0.2) is 9.55 Å². The molecule has 1 aliphatic rings. The molecule has 0 spiro atoms. The Balaban J connectivity index is 2.11. The molecule has 1 aromatic heterocycles. The monoisotopic (exact) mass is 245 g/mol. The Kier molecular flexibility index (Phi) is 2.40. The highest BCUT2D eigenvalue weighted by Gasteiger charge is 2.28. The van der Waals surface area contributed by atoms with Crippen LogP contribution in [0.2, 0.25) is 0 Å². The fourth-order valence-electron chi connectivity index (χ4n) is 2.31. The lowest BCUT2D eigenvalue weighted by atomic mass is 10.1. The topological polar surface area (TPSA) is 43.8 Å². The van der Waals surface area contributed by atoms with Crippen molar-refractivity contribution in [2.75, 3.05) is 5.73 Å². The van der Waals surface area contributed by atoms with Gasteiger partial charge in [-0.2, -0.15) is 0 Å². The minimum Gasteiger partial charge on any atom is -0.383 e. The molecule has 1 fully saturated rings. The summed E-state index contributed by atoms with van der Waals surface area (Å²) in [6.07, 6.45) is 2.31.